The first-order chi connectivity index (χ1) is 10.6. The molecule has 0 unspecified atom stereocenters. The number of nitrogens with one attached hydrogen (secondary N) is 1. The topological polar surface area (TPSA) is 63.5 Å². The first kappa shape index (κ1) is 13.2. The molecule has 6 heteroatoms. The van der Waals surface area contributed by atoms with Crippen molar-refractivity contribution >= 4 is 28.0 Å². The second kappa shape index (κ2) is 4.78. The Kier molecular flexibility index (Phi) is 2.87. The summed E-state index contributed by atoms with van der Waals surface area (Å²) < 4.78 is 1.78. The van der Waals surface area contributed by atoms with E-state index < -0.39 is 0 Å². The van der Waals surface area contributed by atoms with Gasteiger partial charge in [0.25, 0.3) is 5.56 Å². The molecule has 110 valence electrons. The lowest BCUT2D eigenvalue weighted by Gasteiger charge is -2.25. The molecule has 0 radical (unpaired) electrons. The van der Waals surface area contributed by atoms with E-state index in [-0.39, 0.29) is 23.8 Å². The van der Waals surface area contributed by atoms with Crippen LogP contribution in [0.5, 0.6) is 0 Å². The summed E-state index contributed by atoms with van der Waals surface area (Å²) in [5.74, 6) is 0.226. The Balaban J connectivity index is 2.01. The van der Waals surface area contributed by atoms with Crippen molar-refractivity contribution in [3.8, 4) is 0 Å². The van der Waals surface area contributed by atoms with Gasteiger partial charge in [-0.25, -0.2) is 0 Å². The van der Waals surface area contributed by atoms with E-state index in [1.54, 1.807) is 4.40 Å². The molecule has 1 aliphatic heterocycles. The maximum absolute atomic E-state index is 12.5. The van der Waals surface area contributed by atoms with Crippen molar-refractivity contribution in [1.29, 1.82) is 0 Å². The van der Waals surface area contributed by atoms with Gasteiger partial charge in [-0.05, 0) is 12.5 Å². The number of hydrogen-bond acceptors (Lipinski definition) is 4. The van der Waals surface area contributed by atoms with Gasteiger partial charge in [-0.3, -0.25) is 14.0 Å². The summed E-state index contributed by atoms with van der Waals surface area (Å²) in [6.07, 6.45) is 2.09. The molecule has 0 saturated carbocycles. The van der Waals surface area contributed by atoms with Crippen molar-refractivity contribution in [2.45, 2.75) is 19.3 Å². The minimum absolute atomic E-state index is 0.0791. The van der Waals surface area contributed by atoms with Gasteiger partial charge in [0, 0.05) is 23.9 Å². The number of carbonyl (C=O) groups excluding carboxylic acids is 1. The average Bonchev–Trinajstić information content (AvgIpc) is 2.94. The van der Waals surface area contributed by atoms with Gasteiger partial charge >= 0.3 is 0 Å². The number of carbonyl (C=O) groups is 1. The smallest absolute Gasteiger partial charge is 0.279 e. The highest BCUT2D eigenvalue weighted by molar-refractivity contribution is 7.15. The largest absolute Gasteiger partial charge is 0.311 e. The van der Waals surface area contributed by atoms with Gasteiger partial charge in [0.15, 0.2) is 4.96 Å². The van der Waals surface area contributed by atoms with E-state index in [0.717, 1.165) is 11.1 Å². The molecule has 3 heterocycles. The number of thiazole rings is 1. The second-order valence-corrected chi connectivity index (χ2v) is 6.33. The highest BCUT2D eigenvalue weighted by Crippen LogP contribution is 2.35. The molecule has 1 aromatic carbocycles. The lowest BCUT2D eigenvalue weighted by atomic mass is 9.86. The summed E-state index contributed by atoms with van der Waals surface area (Å²) in [6.45, 7) is 2.00. The maximum Gasteiger partial charge on any atom is 0.279 e. The van der Waals surface area contributed by atoms with Gasteiger partial charge in [0.2, 0.25) is 5.91 Å². The number of hydrogen-bond donors (Lipinski definition) is 1. The second-order valence-electron chi connectivity index (χ2n) is 5.45. The van der Waals surface area contributed by atoms with Crippen LogP contribution < -0.4 is 10.9 Å². The maximum atomic E-state index is 12.5. The molecule has 0 aliphatic carbocycles. The van der Waals surface area contributed by atoms with Crippen molar-refractivity contribution in [3.05, 3.63) is 62.9 Å². The van der Waals surface area contributed by atoms with Crippen LogP contribution in [0.25, 0.3) is 4.96 Å². The molecule has 2 aromatic heterocycles. The molecule has 0 spiro atoms. The molecule has 3 aromatic rings. The van der Waals surface area contributed by atoms with Gasteiger partial charge in [0.05, 0.1) is 5.56 Å². The van der Waals surface area contributed by atoms with Gasteiger partial charge in [0.1, 0.15) is 5.82 Å². The average molecular weight is 311 g/mol. The number of fused-ring (bicyclic) bond motifs is 3. The highest BCUT2D eigenvalue weighted by atomic mass is 32.1. The Labute approximate surface area is 130 Å². The fourth-order valence-corrected chi connectivity index (χ4v) is 3.69. The van der Waals surface area contributed by atoms with Crippen LogP contribution in [-0.2, 0) is 4.79 Å². The Bertz CT molecular complexity index is 957. The predicted molar refractivity (Wildman–Crippen MR) is 85.6 cm³/mol. The molecule has 1 aliphatic rings. The lowest BCUT2D eigenvalue weighted by molar-refractivity contribution is -0.116. The number of nitrogens with zero attached hydrogens (tertiary/aromatic N) is 2. The zero-order chi connectivity index (χ0) is 15.3. The van der Waals surface area contributed by atoms with Crippen LogP contribution in [0.2, 0.25) is 0 Å². The third kappa shape index (κ3) is 1.95. The van der Waals surface area contributed by atoms with E-state index in [0.29, 0.717) is 16.3 Å². The number of amides is 1. The number of benzene rings is 1. The van der Waals surface area contributed by atoms with Gasteiger partial charge in [-0.2, -0.15) is 4.98 Å². The number of aromatic nitrogens is 2. The van der Waals surface area contributed by atoms with Crippen molar-refractivity contribution in [2.75, 3.05) is 5.32 Å². The first-order valence-electron chi connectivity index (χ1n) is 6.99. The van der Waals surface area contributed by atoms with Gasteiger partial charge < -0.3 is 5.32 Å². The van der Waals surface area contributed by atoms with Crippen LogP contribution in [0, 0.1) is 6.92 Å². The van der Waals surface area contributed by atoms with E-state index in [9.17, 15) is 9.59 Å². The van der Waals surface area contributed by atoms with Crippen molar-refractivity contribution in [3.63, 3.8) is 0 Å². The predicted octanol–water partition coefficient (Wildman–Crippen LogP) is 2.54. The molecule has 22 heavy (non-hydrogen) atoms. The van der Waals surface area contributed by atoms with E-state index in [2.05, 4.69) is 10.3 Å². The standard InChI is InChI=1S/C16H13N3O2S/c1-9-3-2-4-10(7-9)11-8-12(20)17-14-13(11)15(21)18-16-19(14)5-6-22-16/h2-7,11H,8H2,1H3,(H,17,20)/t11-/m1/s1. The Morgan fingerprint density at radius 2 is 2.23 bits per heavy atom. The summed E-state index contributed by atoms with van der Waals surface area (Å²) in [4.78, 5) is 29.3. The third-order valence-electron chi connectivity index (χ3n) is 3.95. The minimum atomic E-state index is -0.260. The van der Waals surface area contributed by atoms with E-state index >= 15 is 0 Å². The van der Waals surface area contributed by atoms with Crippen LogP contribution >= 0.6 is 11.3 Å². The summed E-state index contributed by atoms with van der Waals surface area (Å²) in [7, 11) is 0. The summed E-state index contributed by atoms with van der Waals surface area (Å²) in [5.41, 5.74) is 2.39. The molecule has 0 bridgehead atoms. The van der Waals surface area contributed by atoms with E-state index in [1.807, 2.05) is 42.8 Å². The van der Waals surface area contributed by atoms with Crippen LogP contribution in [0.15, 0.2) is 40.6 Å². The fraction of sp³-hybridized carbons (Fsp3) is 0.188. The number of aryl methyl sites for hydroxylation is 1. The van der Waals surface area contributed by atoms with E-state index in [4.69, 9.17) is 0 Å². The van der Waals surface area contributed by atoms with Crippen molar-refractivity contribution in [2.24, 2.45) is 0 Å². The van der Waals surface area contributed by atoms with Crippen molar-refractivity contribution in [1.82, 2.24) is 9.38 Å². The molecular weight excluding hydrogens is 298 g/mol. The highest BCUT2D eigenvalue weighted by Gasteiger charge is 2.31. The summed E-state index contributed by atoms with van der Waals surface area (Å²) in [6, 6.07) is 7.93. The van der Waals surface area contributed by atoms with Gasteiger partial charge in [-0.1, -0.05) is 29.8 Å². The Morgan fingerprint density at radius 3 is 3.05 bits per heavy atom. The zero-order valence-corrected chi connectivity index (χ0v) is 12.7. The molecule has 0 saturated heterocycles. The summed E-state index contributed by atoms with van der Waals surface area (Å²) in [5, 5.41) is 4.69. The first-order valence-corrected chi connectivity index (χ1v) is 7.87. The Hall–Kier alpha value is -2.47. The minimum Gasteiger partial charge on any atom is -0.311 e. The molecular formula is C16H13N3O2S. The van der Waals surface area contributed by atoms with Crippen LogP contribution in [0.1, 0.15) is 29.0 Å². The molecule has 5 nitrogen and oxygen atoms in total. The normalized spacial score (nSPS) is 17.3. The lowest BCUT2D eigenvalue weighted by Crippen LogP contribution is -2.31. The fourth-order valence-electron chi connectivity index (χ4n) is 2.98. The quantitative estimate of drug-likeness (QED) is 0.751. The Morgan fingerprint density at radius 1 is 1.36 bits per heavy atom. The SMILES string of the molecule is Cc1cccc([C@H]2CC(=O)Nc3c2c(=O)nc2sccn32)c1. The molecule has 0 fully saturated rings. The third-order valence-corrected chi connectivity index (χ3v) is 4.71. The zero-order valence-electron chi connectivity index (χ0n) is 11.9. The van der Waals surface area contributed by atoms with Crippen LogP contribution in [-0.4, -0.2) is 15.3 Å². The molecule has 1 atom stereocenters. The number of rotatable bonds is 1. The van der Waals surface area contributed by atoms with Crippen molar-refractivity contribution < 1.29 is 4.79 Å². The van der Waals surface area contributed by atoms with Crippen LogP contribution in [0.3, 0.4) is 0 Å². The number of anilines is 1. The van der Waals surface area contributed by atoms with E-state index in [1.165, 1.54) is 11.3 Å². The van der Waals surface area contributed by atoms with Crippen LogP contribution in [0.4, 0.5) is 5.82 Å². The molecule has 1 amide bonds. The summed E-state index contributed by atoms with van der Waals surface area (Å²) >= 11 is 1.38. The molecule has 1 N–H and O–H groups in total. The molecule has 4 rings (SSSR count). The van der Waals surface area contributed by atoms with Gasteiger partial charge in [-0.15, -0.1) is 11.3 Å². The monoisotopic (exact) mass is 311 g/mol.